The Bertz CT molecular complexity index is 1080. The topological polar surface area (TPSA) is 97.5 Å². The van der Waals surface area contributed by atoms with Crippen molar-refractivity contribution in [3.05, 3.63) is 41.8 Å². The third-order valence-corrected chi connectivity index (χ3v) is 9.96. The number of nitrogens with zero attached hydrogens (tertiary/aromatic N) is 2. The molecule has 158 valence electrons. The molecule has 7 nitrogen and oxygen atoms in total. The fourth-order valence-electron chi connectivity index (χ4n) is 4.07. The number of aromatic nitrogens is 1. The van der Waals surface area contributed by atoms with Gasteiger partial charge in [0.1, 0.15) is 11.5 Å². The molecule has 29 heavy (non-hydrogen) atoms. The van der Waals surface area contributed by atoms with E-state index in [9.17, 15) is 21.2 Å². The highest BCUT2D eigenvalue weighted by molar-refractivity contribution is 7.95. The van der Waals surface area contributed by atoms with Crippen molar-refractivity contribution in [1.82, 2.24) is 9.46 Å². The van der Waals surface area contributed by atoms with E-state index in [2.05, 4.69) is 5.16 Å². The van der Waals surface area contributed by atoms with E-state index < -0.39 is 31.2 Å². The molecule has 2 unspecified atom stereocenters. The molecule has 0 aliphatic carbocycles. The van der Waals surface area contributed by atoms with E-state index >= 15 is 0 Å². The van der Waals surface area contributed by atoms with Crippen LogP contribution in [0.1, 0.15) is 43.8 Å². The van der Waals surface area contributed by atoms with Gasteiger partial charge in [-0.1, -0.05) is 18.0 Å². The second-order valence-corrected chi connectivity index (χ2v) is 12.1. The van der Waals surface area contributed by atoms with Crippen LogP contribution < -0.4 is 0 Å². The largest absolute Gasteiger partial charge is 0.356 e. The maximum atomic E-state index is 13.3. The van der Waals surface area contributed by atoms with Crippen molar-refractivity contribution in [2.75, 3.05) is 18.1 Å². The molecule has 4 rings (SSSR count). The fraction of sp³-hybridized carbons (Fsp3) is 0.526. The summed E-state index contributed by atoms with van der Waals surface area (Å²) in [5, 5.41) is 3.20. The van der Waals surface area contributed by atoms with Crippen LogP contribution in [0.25, 0.3) is 11.3 Å². The van der Waals surface area contributed by atoms with Crippen LogP contribution in [0.3, 0.4) is 0 Å². The zero-order valence-electron chi connectivity index (χ0n) is 15.8. The number of sulfone groups is 1. The van der Waals surface area contributed by atoms with Gasteiger partial charge in [0.05, 0.1) is 22.8 Å². The quantitative estimate of drug-likeness (QED) is 0.722. The predicted octanol–water partition coefficient (Wildman–Crippen LogP) is 2.91. The summed E-state index contributed by atoms with van der Waals surface area (Å²) in [5.74, 6) is -0.335. The van der Waals surface area contributed by atoms with Gasteiger partial charge in [0.25, 0.3) is 0 Å². The predicted molar refractivity (Wildman–Crippen MR) is 106 cm³/mol. The summed E-state index contributed by atoms with van der Waals surface area (Å²) in [5.41, 5.74) is 1.14. The van der Waals surface area contributed by atoms with Crippen LogP contribution in [-0.4, -0.2) is 49.6 Å². The number of sulfonamides is 1. The number of hydrogen-bond acceptors (Lipinski definition) is 6. The molecule has 0 spiro atoms. The van der Waals surface area contributed by atoms with Crippen LogP contribution in [0.5, 0.6) is 0 Å². The lowest BCUT2D eigenvalue weighted by Crippen LogP contribution is -2.41. The van der Waals surface area contributed by atoms with Gasteiger partial charge in [-0.25, -0.2) is 21.2 Å². The molecular formula is C19H23FN2O5S2. The first-order chi connectivity index (χ1) is 13.8. The number of hydrogen-bond donors (Lipinski definition) is 0. The van der Waals surface area contributed by atoms with Crippen LogP contribution in [0, 0.1) is 5.82 Å². The van der Waals surface area contributed by atoms with Gasteiger partial charge in [0.2, 0.25) is 10.0 Å². The molecule has 0 N–H and O–H groups in total. The fourth-order valence-corrected chi connectivity index (χ4v) is 8.82. The Morgan fingerprint density at radius 3 is 2.55 bits per heavy atom. The van der Waals surface area contributed by atoms with Crippen LogP contribution in [-0.2, 0) is 19.9 Å². The van der Waals surface area contributed by atoms with Crippen molar-refractivity contribution in [2.24, 2.45) is 0 Å². The standard InChI is InChI=1S/C19H23FN2O5S2/c20-15-7-5-14(6-8-15)19-12-17(21-27-19)18-4-2-1-3-10-22(18)29(25,26)16-9-11-28(23,24)13-16/h5-8,12,16,18H,1-4,9-11,13H2. The molecule has 2 aliphatic rings. The SMILES string of the molecule is O=S1(=O)CCC(S(=O)(=O)N2CCCCCC2c2cc(-c3ccc(F)cc3)on2)C1. The lowest BCUT2D eigenvalue weighted by atomic mass is 10.1. The maximum absolute atomic E-state index is 13.3. The Hall–Kier alpha value is -1.78. The lowest BCUT2D eigenvalue weighted by molar-refractivity contribution is 0.305. The molecule has 2 aliphatic heterocycles. The molecule has 0 radical (unpaired) electrons. The van der Waals surface area contributed by atoms with Crippen molar-refractivity contribution in [3.63, 3.8) is 0 Å². The second-order valence-electron chi connectivity index (χ2n) is 7.67. The molecule has 0 bridgehead atoms. The van der Waals surface area contributed by atoms with E-state index in [1.165, 1.54) is 16.4 Å². The van der Waals surface area contributed by atoms with Crippen molar-refractivity contribution >= 4 is 19.9 Å². The minimum absolute atomic E-state index is 0.0892. The molecule has 10 heteroatoms. The molecule has 2 saturated heterocycles. The van der Waals surface area contributed by atoms with Crippen molar-refractivity contribution in [3.8, 4) is 11.3 Å². The average Bonchev–Trinajstić information content (AvgIpc) is 3.22. The molecule has 0 amide bonds. The Morgan fingerprint density at radius 1 is 1.10 bits per heavy atom. The van der Waals surface area contributed by atoms with Gasteiger partial charge in [0.15, 0.2) is 15.6 Å². The normalized spacial score (nSPS) is 25.7. The third-order valence-electron chi connectivity index (χ3n) is 5.64. The Morgan fingerprint density at radius 2 is 1.86 bits per heavy atom. The average molecular weight is 443 g/mol. The number of rotatable bonds is 4. The first kappa shape index (κ1) is 20.5. The van der Waals surface area contributed by atoms with Crippen LogP contribution in [0.4, 0.5) is 4.39 Å². The number of halogens is 1. The Balaban J connectivity index is 1.65. The smallest absolute Gasteiger partial charge is 0.218 e. The summed E-state index contributed by atoms with van der Waals surface area (Å²) < 4.78 is 70.3. The molecular weight excluding hydrogens is 419 g/mol. The van der Waals surface area contributed by atoms with E-state index in [0.29, 0.717) is 30.0 Å². The van der Waals surface area contributed by atoms with Crippen molar-refractivity contribution in [1.29, 1.82) is 0 Å². The van der Waals surface area contributed by atoms with E-state index in [1.54, 1.807) is 18.2 Å². The van der Waals surface area contributed by atoms with Crippen molar-refractivity contribution < 1.29 is 25.7 Å². The van der Waals surface area contributed by atoms with Crippen LogP contribution in [0.15, 0.2) is 34.9 Å². The summed E-state index contributed by atoms with van der Waals surface area (Å²) in [6.45, 7) is 0.336. The summed E-state index contributed by atoms with van der Waals surface area (Å²) in [4.78, 5) is 0. The highest BCUT2D eigenvalue weighted by Gasteiger charge is 2.43. The van der Waals surface area contributed by atoms with Crippen LogP contribution >= 0.6 is 0 Å². The van der Waals surface area contributed by atoms with E-state index in [1.807, 2.05) is 0 Å². The minimum atomic E-state index is -3.79. The summed E-state index contributed by atoms with van der Waals surface area (Å²) in [6.07, 6.45) is 3.19. The first-order valence-corrected chi connectivity index (χ1v) is 13.0. The van der Waals surface area contributed by atoms with Gasteiger partial charge in [0, 0.05) is 18.2 Å². The van der Waals surface area contributed by atoms with E-state index in [0.717, 1.165) is 19.3 Å². The maximum Gasteiger partial charge on any atom is 0.218 e. The van der Waals surface area contributed by atoms with Crippen molar-refractivity contribution in [2.45, 2.75) is 43.4 Å². The molecule has 3 heterocycles. The van der Waals surface area contributed by atoms with Crippen LogP contribution in [0.2, 0.25) is 0 Å². The molecule has 2 fully saturated rings. The summed E-state index contributed by atoms with van der Waals surface area (Å²) in [6, 6.07) is 6.98. The van der Waals surface area contributed by atoms with E-state index in [-0.39, 0.29) is 23.7 Å². The molecule has 2 atom stereocenters. The Labute approximate surface area is 169 Å². The second kappa shape index (κ2) is 7.81. The van der Waals surface area contributed by atoms with E-state index in [4.69, 9.17) is 4.52 Å². The monoisotopic (exact) mass is 442 g/mol. The number of benzene rings is 1. The summed E-state index contributed by atoms with van der Waals surface area (Å²) >= 11 is 0. The molecule has 1 aromatic carbocycles. The zero-order valence-corrected chi connectivity index (χ0v) is 17.5. The van der Waals surface area contributed by atoms with Gasteiger partial charge in [-0.05, 0) is 43.5 Å². The van der Waals surface area contributed by atoms with Gasteiger partial charge in [-0.15, -0.1) is 0 Å². The van der Waals surface area contributed by atoms with Gasteiger partial charge in [-0.3, -0.25) is 0 Å². The molecule has 0 saturated carbocycles. The van der Waals surface area contributed by atoms with Gasteiger partial charge in [-0.2, -0.15) is 4.31 Å². The third kappa shape index (κ3) is 4.24. The minimum Gasteiger partial charge on any atom is -0.356 e. The highest BCUT2D eigenvalue weighted by Crippen LogP contribution is 2.36. The molecule has 2 aromatic rings. The van der Waals surface area contributed by atoms with Gasteiger partial charge < -0.3 is 4.52 Å². The zero-order chi connectivity index (χ0) is 20.6. The Kier molecular flexibility index (Phi) is 5.52. The first-order valence-electron chi connectivity index (χ1n) is 9.70. The highest BCUT2D eigenvalue weighted by atomic mass is 32.2. The summed E-state index contributed by atoms with van der Waals surface area (Å²) in [7, 11) is -7.11. The lowest BCUT2D eigenvalue weighted by Gasteiger charge is -2.29. The molecule has 1 aromatic heterocycles. The van der Waals surface area contributed by atoms with Gasteiger partial charge >= 0.3 is 0 Å².